The zero-order valence-electron chi connectivity index (χ0n) is 15.0. The van der Waals surface area contributed by atoms with Crippen LogP contribution in [0.15, 0.2) is 53.1 Å². The first-order valence-electron chi connectivity index (χ1n) is 8.83. The van der Waals surface area contributed by atoms with E-state index in [1.54, 1.807) is 0 Å². The highest BCUT2D eigenvalue weighted by atomic mass is 16.3. The first-order valence-corrected chi connectivity index (χ1v) is 8.83. The average Bonchev–Trinajstić information content (AvgIpc) is 2.94. The Balaban J connectivity index is 1.86. The van der Waals surface area contributed by atoms with Crippen molar-refractivity contribution in [3.05, 3.63) is 59.9 Å². The van der Waals surface area contributed by atoms with Crippen molar-refractivity contribution in [2.24, 2.45) is 0 Å². The highest BCUT2D eigenvalue weighted by Gasteiger charge is 2.37. The van der Waals surface area contributed by atoms with Crippen LogP contribution in [-0.4, -0.2) is 7.28 Å². The first kappa shape index (κ1) is 15.6. The summed E-state index contributed by atoms with van der Waals surface area (Å²) in [4.78, 5) is 0. The van der Waals surface area contributed by atoms with Gasteiger partial charge >= 0.3 is 0 Å². The molecule has 121 valence electrons. The van der Waals surface area contributed by atoms with Gasteiger partial charge in [-0.3, -0.25) is 0 Å². The SMILES string of the molecule is CC1(C)CCC(C)(C)c2cc3c([B]c4ccccc4)coc3cc21. The van der Waals surface area contributed by atoms with Crippen molar-refractivity contribution in [2.45, 2.75) is 51.4 Å². The van der Waals surface area contributed by atoms with Crippen LogP contribution in [0.3, 0.4) is 0 Å². The van der Waals surface area contributed by atoms with Crippen LogP contribution in [0, 0.1) is 0 Å². The summed E-state index contributed by atoms with van der Waals surface area (Å²) < 4.78 is 5.92. The van der Waals surface area contributed by atoms with Crippen molar-refractivity contribution in [3.63, 3.8) is 0 Å². The zero-order valence-corrected chi connectivity index (χ0v) is 15.0. The summed E-state index contributed by atoms with van der Waals surface area (Å²) in [6, 6.07) is 15.1. The van der Waals surface area contributed by atoms with Crippen LogP contribution < -0.4 is 10.9 Å². The van der Waals surface area contributed by atoms with E-state index in [2.05, 4.69) is 71.4 Å². The molecule has 0 atom stereocenters. The van der Waals surface area contributed by atoms with Gasteiger partial charge < -0.3 is 4.42 Å². The second-order valence-corrected chi connectivity index (χ2v) is 8.41. The molecule has 4 rings (SSSR count). The number of hydrogen-bond acceptors (Lipinski definition) is 1. The summed E-state index contributed by atoms with van der Waals surface area (Å²) in [5, 5.41) is 1.23. The van der Waals surface area contributed by atoms with Gasteiger partial charge in [0.2, 0.25) is 0 Å². The molecule has 0 unspecified atom stereocenters. The number of furan rings is 1. The number of rotatable bonds is 2. The van der Waals surface area contributed by atoms with Gasteiger partial charge in [0, 0.05) is 5.39 Å². The Labute approximate surface area is 145 Å². The molecule has 1 aromatic heterocycles. The van der Waals surface area contributed by atoms with E-state index in [4.69, 9.17) is 4.42 Å². The molecule has 1 aliphatic carbocycles. The minimum absolute atomic E-state index is 0.217. The van der Waals surface area contributed by atoms with Gasteiger partial charge in [-0.1, -0.05) is 63.5 Å². The lowest BCUT2D eigenvalue weighted by molar-refractivity contribution is 0.332. The Morgan fingerprint density at radius 1 is 0.875 bits per heavy atom. The van der Waals surface area contributed by atoms with Crippen LogP contribution in [0.4, 0.5) is 0 Å². The Morgan fingerprint density at radius 3 is 2.17 bits per heavy atom. The van der Waals surface area contributed by atoms with Gasteiger partial charge in [-0.05, 0) is 52.4 Å². The smallest absolute Gasteiger partial charge is 0.196 e. The third kappa shape index (κ3) is 2.49. The molecule has 1 aliphatic rings. The van der Waals surface area contributed by atoms with Crippen LogP contribution >= 0.6 is 0 Å². The highest BCUT2D eigenvalue weighted by Crippen LogP contribution is 2.46. The largest absolute Gasteiger partial charge is 0.465 e. The molecule has 2 heteroatoms. The Morgan fingerprint density at radius 2 is 1.50 bits per heavy atom. The maximum atomic E-state index is 5.92. The molecular formula is C22H24BO. The van der Waals surface area contributed by atoms with Crippen molar-refractivity contribution in [3.8, 4) is 0 Å². The van der Waals surface area contributed by atoms with E-state index in [-0.39, 0.29) is 10.8 Å². The van der Waals surface area contributed by atoms with E-state index >= 15 is 0 Å². The normalized spacial score (nSPS) is 18.3. The summed E-state index contributed by atoms with van der Waals surface area (Å²) in [7, 11) is 2.21. The highest BCUT2D eigenvalue weighted by molar-refractivity contribution is 6.69. The molecule has 0 aliphatic heterocycles. The molecule has 0 fully saturated rings. The van der Waals surface area contributed by atoms with Gasteiger partial charge in [0.1, 0.15) is 5.58 Å². The van der Waals surface area contributed by atoms with Gasteiger partial charge in [0.15, 0.2) is 7.28 Å². The second kappa shape index (κ2) is 5.27. The molecule has 1 radical (unpaired) electrons. The van der Waals surface area contributed by atoms with Crippen LogP contribution in [-0.2, 0) is 10.8 Å². The number of benzene rings is 2. The quantitative estimate of drug-likeness (QED) is 0.637. The summed E-state index contributed by atoms with van der Waals surface area (Å²) >= 11 is 0. The van der Waals surface area contributed by atoms with Crippen molar-refractivity contribution in [2.75, 3.05) is 0 Å². The second-order valence-electron chi connectivity index (χ2n) is 8.41. The maximum Gasteiger partial charge on any atom is 0.196 e. The number of hydrogen-bond donors (Lipinski definition) is 0. The lowest BCUT2D eigenvalue weighted by Crippen LogP contribution is -2.34. The molecule has 0 saturated heterocycles. The van der Waals surface area contributed by atoms with E-state index in [1.165, 1.54) is 34.8 Å². The summed E-state index contributed by atoms with van der Waals surface area (Å²) in [5.41, 5.74) is 6.75. The molecule has 0 N–H and O–H groups in total. The summed E-state index contributed by atoms with van der Waals surface area (Å²) in [6.45, 7) is 9.45. The van der Waals surface area contributed by atoms with Crippen LogP contribution in [0.2, 0.25) is 0 Å². The molecule has 0 spiro atoms. The van der Waals surface area contributed by atoms with Gasteiger partial charge in [-0.15, -0.1) is 0 Å². The van der Waals surface area contributed by atoms with Crippen molar-refractivity contribution in [1.29, 1.82) is 0 Å². The lowest BCUT2D eigenvalue weighted by atomic mass is 9.61. The first-order chi connectivity index (χ1) is 11.4. The molecule has 2 aromatic carbocycles. The Hall–Kier alpha value is -1.96. The van der Waals surface area contributed by atoms with E-state index < -0.39 is 0 Å². The fourth-order valence-corrected chi connectivity index (χ4v) is 3.95. The van der Waals surface area contributed by atoms with E-state index in [0.29, 0.717) is 0 Å². The van der Waals surface area contributed by atoms with E-state index in [9.17, 15) is 0 Å². The summed E-state index contributed by atoms with van der Waals surface area (Å²) in [6.07, 6.45) is 4.35. The molecule has 1 nitrogen and oxygen atoms in total. The third-order valence-corrected chi connectivity index (χ3v) is 5.70. The molecule has 24 heavy (non-hydrogen) atoms. The van der Waals surface area contributed by atoms with Crippen LogP contribution in [0.25, 0.3) is 11.0 Å². The minimum Gasteiger partial charge on any atom is -0.465 e. The van der Waals surface area contributed by atoms with Crippen LogP contribution in [0.1, 0.15) is 51.7 Å². The maximum absolute atomic E-state index is 5.92. The number of fused-ring (bicyclic) bond motifs is 2. The van der Waals surface area contributed by atoms with Crippen molar-refractivity contribution in [1.82, 2.24) is 0 Å². The van der Waals surface area contributed by atoms with Gasteiger partial charge in [-0.25, -0.2) is 0 Å². The molecule has 3 aromatic rings. The predicted octanol–water partition coefficient (Wildman–Crippen LogP) is 4.44. The monoisotopic (exact) mass is 315 g/mol. The van der Waals surface area contributed by atoms with Gasteiger partial charge in [0.05, 0.1) is 6.26 Å². The molecular weight excluding hydrogens is 291 g/mol. The standard InChI is InChI=1S/C22H24BO/c1-21(2)10-11-22(3,4)18-13-20-16(12-17(18)21)19(14-24-20)23-15-8-6-5-7-9-15/h5-9,12-14H,10-11H2,1-4H3. The van der Waals surface area contributed by atoms with Crippen molar-refractivity contribution < 1.29 is 4.42 Å². The average molecular weight is 315 g/mol. The molecule has 0 bridgehead atoms. The predicted molar refractivity (Wildman–Crippen MR) is 103 cm³/mol. The van der Waals surface area contributed by atoms with E-state index in [0.717, 1.165) is 11.0 Å². The fraction of sp³-hybridized carbons (Fsp3) is 0.364. The topological polar surface area (TPSA) is 13.1 Å². The third-order valence-electron chi connectivity index (χ3n) is 5.70. The van der Waals surface area contributed by atoms with Crippen LogP contribution in [0.5, 0.6) is 0 Å². The fourth-order valence-electron chi connectivity index (χ4n) is 3.95. The van der Waals surface area contributed by atoms with Gasteiger partial charge in [0.25, 0.3) is 0 Å². The lowest BCUT2D eigenvalue weighted by Gasteiger charge is -2.41. The minimum atomic E-state index is 0.217. The zero-order chi connectivity index (χ0) is 16.9. The Kier molecular flexibility index (Phi) is 3.42. The molecule has 1 heterocycles. The Bertz CT molecular complexity index is 887. The summed E-state index contributed by atoms with van der Waals surface area (Å²) in [5.74, 6) is 0. The van der Waals surface area contributed by atoms with E-state index in [1.807, 2.05) is 12.3 Å². The molecule has 0 amide bonds. The van der Waals surface area contributed by atoms with Crippen molar-refractivity contribution >= 4 is 29.2 Å². The molecule has 0 saturated carbocycles. The van der Waals surface area contributed by atoms with Gasteiger partial charge in [-0.2, -0.15) is 0 Å².